The van der Waals surface area contributed by atoms with Gasteiger partial charge in [0.15, 0.2) is 0 Å². The van der Waals surface area contributed by atoms with Crippen LogP contribution in [0.1, 0.15) is 18.1 Å². The van der Waals surface area contributed by atoms with Crippen molar-refractivity contribution in [3.8, 4) is 5.75 Å². The molecule has 0 radical (unpaired) electrons. The van der Waals surface area contributed by atoms with Gasteiger partial charge in [-0.3, -0.25) is 0 Å². The fourth-order valence-corrected chi connectivity index (χ4v) is 1.36. The summed E-state index contributed by atoms with van der Waals surface area (Å²) in [5.41, 5.74) is 7.54. The van der Waals surface area contributed by atoms with Gasteiger partial charge in [-0.15, -0.1) is 0 Å². The van der Waals surface area contributed by atoms with E-state index in [9.17, 15) is 0 Å². The highest BCUT2D eigenvalue weighted by molar-refractivity contribution is 6.32. The maximum absolute atomic E-state index is 6.04. The highest BCUT2D eigenvalue weighted by Gasteiger charge is 2.05. The fourth-order valence-electron chi connectivity index (χ4n) is 1.25. The Morgan fingerprint density at radius 2 is 1.86 bits per heavy atom. The molecule has 1 unspecified atom stereocenters. The van der Waals surface area contributed by atoms with Crippen LogP contribution in [0.3, 0.4) is 0 Å². The van der Waals surface area contributed by atoms with Crippen LogP contribution in [0, 0.1) is 13.8 Å². The molecule has 1 rings (SSSR count). The van der Waals surface area contributed by atoms with Gasteiger partial charge in [-0.25, -0.2) is 0 Å². The molecule has 0 aliphatic carbocycles. The Bertz CT molecular complexity index is 302. The third kappa shape index (κ3) is 2.63. The molecule has 1 aromatic carbocycles. The summed E-state index contributed by atoms with van der Waals surface area (Å²) in [4.78, 5) is 0. The third-order valence-corrected chi connectivity index (χ3v) is 2.68. The van der Waals surface area contributed by atoms with Crippen molar-refractivity contribution >= 4 is 11.6 Å². The molecule has 78 valence electrons. The van der Waals surface area contributed by atoms with Crippen molar-refractivity contribution in [1.29, 1.82) is 0 Å². The van der Waals surface area contributed by atoms with E-state index in [-0.39, 0.29) is 6.10 Å². The van der Waals surface area contributed by atoms with E-state index in [0.29, 0.717) is 6.54 Å². The number of rotatable bonds is 3. The second-order valence-electron chi connectivity index (χ2n) is 3.54. The van der Waals surface area contributed by atoms with Crippen LogP contribution < -0.4 is 10.5 Å². The monoisotopic (exact) mass is 213 g/mol. The number of ether oxygens (including phenoxy) is 1. The van der Waals surface area contributed by atoms with E-state index in [4.69, 9.17) is 22.1 Å². The predicted molar refractivity (Wildman–Crippen MR) is 60.1 cm³/mol. The molecule has 0 heterocycles. The first-order valence-corrected chi connectivity index (χ1v) is 5.06. The molecule has 1 atom stereocenters. The van der Waals surface area contributed by atoms with E-state index in [1.807, 2.05) is 32.9 Å². The molecule has 0 saturated heterocycles. The lowest BCUT2D eigenvalue weighted by Crippen LogP contribution is -2.22. The Labute approximate surface area is 90.0 Å². The Morgan fingerprint density at radius 1 is 1.36 bits per heavy atom. The van der Waals surface area contributed by atoms with E-state index in [0.717, 1.165) is 21.9 Å². The van der Waals surface area contributed by atoms with Gasteiger partial charge in [0.1, 0.15) is 11.9 Å². The molecule has 0 aromatic heterocycles. The van der Waals surface area contributed by atoms with E-state index < -0.39 is 0 Å². The van der Waals surface area contributed by atoms with E-state index in [1.165, 1.54) is 0 Å². The van der Waals surface area contributed by atoms with Crippen molar-refractivity contribution in [3.63, 3.8) is 0 Å². The molecule has 0 aliphatic rings. The Morgan fingerprint density at radius 3 is 2.29 bits per heavy atom. The molecule has 2 nitrogen and oxygen atoms in total. The van der Waals surface area contributed by atoms with Gasteiger partial charge in [0.25, 0.3) is 0 Å². The largest absolute Gasteiger partial charge is 0.489 e. The molecule has 3 heteroatoms. The smallest absolute Gasteiger partial charge is 0.120 e. The Kier molecular flexibility index (Phi) is 3.78. The van der Waals surface area contributed by atoms with Gasteiger partial charge in [0.2, 0.25) is 0 Å². The molecule has 1 aromatic rings. The standard InChI is InChI=1S/C11H16ClNO/c1-7-4-10(14-9(3)6-13)5-8(2)11(7)12/h4-5,9H,6,13H2,1-3H3. The maximum atomic E-state index is 6.04. The van der Waals surface area contributed by atoms with Crippen LogP contribution >= 0.6 is 11.6 Å². The second-order valence-corrected chi connectivity index (χ2v) is 3.91. The highest BCUT2D eigenvalue weighted by Crippen LogP contribution is 2.26. The Hall–Kier alpha value is -0.730. The first-order valence-electron chi connectivity index (χ1n) is 4.68. The number of hydrogen-bond donors (Lipinski definition) is 1. The topological polar surface area (TPSA) is 35.2 Å². The highest BCUT2D eigenvalue weighted by atomic mass is 35.5. The lowest BCUT2D eigenvalue weighted by atomic mass is 10.1. The average Bonchev–Trinajstić information content (AvgIpc) is 2.14. The van der Waals surface area contributed by atoms with Crippen LogP contribution in [0.15, 0.2) is 12.1 Å². The average molecular weight is 214 g/mol. The lowest BCUT2D eigenvalue weighted by molar-refractivity contribution is 0.229. The van der Waals surface area contributed by atoms with Crippen molar-refractivity contribution in [2.24, 2.45) is 5.73 Å². The summed E-state index contributed by atoms with van der Waals surface area (Å²) in [5.74, 6) is 0.836. The van der Waals surface area contributed by atoms with Crippen LogP contribution in [-0.4, -0.2) is 12.6 Å². The molecule has 14 heavy (non-hydrogen) atoms. The molecule has 0 saturated carbocycles. The third-order valence-electron chi connectivity index (χ3n) is 2.08. The van der Waals surface area contributed by atoms with Gasteiger partial charge in [-0.2, -0.15) is 0 Å². The minimum absolute atomic E-state index is 0.0370. The molecule has 0 bridgehead atoms. The zero-order valence-corrected chi connectivity index (χ0v) is 9.56. The van der Waals surface area contributed by atoms with Gasteiger partial charge in [-0.05, 0) is 44.0 Å². The molecular weight excluding hydrogens is 198 g/mol. The minimum Gasteiger partial charge on any atom is -0.489 e. The van der Waals surface area contributed by atoms with E-state index in [1.54, 1.807) is 0 Å². The number of hydrogen-bond acceptors (Lipinski definition) is 2. The van der Waals surface area contributed by atoms with Gasteiger partial charge < -0.3 is 10.5 Å². The second kappa shape index (κ2) is 4.67. The van der Waals surface area contributed by atoms with Gasteiger partial charge >= 0.3 is 0 Å². The summed E-state index contributed by atoms with van der Waals surface area (Å²) < 4.78 is 5.60. The molecule has 0 aliphatic heterocycles. The van der Waals surface area contributed by atoms with Crippen LogP contribution in [0.25, 0.3) is 0 Å². The summed E-state index contributed by atoms with van der Waals surface area (Å²) in [6, 6.07) is 3.86. The van der Waals surface area contributed by atoms with Crippen molar-refractivity contribution in [2.45, 2.75) is 26.9 Å². The van der Waals surface area contributed by atoms with Crippen LogP contribution in [0.4, 0.5) is 0 Å². The van der Waals surface area contributed by atoms with Crippen LogP contribution in [0.2, 0.25) is 5.02 Å². The zero-order chi connectivity index (χ0) is 10.7. The van der Waals surface area contributed by atoms with Gasteiger partial charge in [0, 0.05) is 11.6 Å². The molecule has 0 spiro atoms. The van der Waals surface area contributed by atoms with Crippen LogP contribution in [-0.2, 0) is 0 Å². The SMILES string of the molecule is Cc1cc(OC(C)CN)cc(C)c1Cl. The van der Waals surface area contributed by atoms with Gasteiger partial charge in [0.05, 0.1) is 0 Å². The number of nitrogens with two attached hydrogens (primary N) is 1. The first-order chi connectivity index (χ1) is 6.54. The van der Waals surface area contributed by atoms with Crippen molar-refractivity contribution in [2.75, 3.05) is 6.54 Å². The molecule has 0 fully saturated rings. The fraction of sp³-hybridized carbons (Fsp3) is 0.455. The summed E-state index contributed by atoms with van der Waals surface area (Å²) >= 11 is 6.04. The zero-order valence-electron chi connectivity index (χ0n) is 8.80. The number of halogens is 1. The molecule has 0 amide bonds. The quantitative estimate of drug-likeness (QED) is 0.838. The molecule has 2 N–H and O–H groups in total. The molecular formula is C11H16ClNO. The number of aryl methyl sites for hydroxylation is 2. The summed E-state index contributed by atoms with van der Waals surface area (Å²) in [5, 5.41) is 0.803. The maximum Gasteiger partial charge on any atom is 0.120 e. The van der Waals surface area contributed by atoms with E-state index >= 15 is 0 Å². The summed E-state index contributed by atoms with van der Waals surface area (Å²) in [6.45, 7) is 6.39. The summed E-state index contributed by atoms with van der Waals surface area (Å²) in [7, 11) is 0. The van der Waals surface area contributed by atoms with Gasteiger partial charge in [-0.1, -0.05) is 11.6 Å². The first kappa shape index (κ1) is 11.3. The predicted octanol–water partition coefficient (Wildman–Crippen LogP) is 2.68. The van der Waals surface area contributed by atoms with Crippen molar-refractivity contribution in [1.82, 2.24) is 0 Å². The van der Waals surface area contributed by atoms with E-state index in [2.05, 4.69) is 0 Å². The summed E-state index contributed by atoms with van der Waals surface area (Å²) in [6.07, 6.45) is 0.0370. The lowest BCUT2D eigenvalue weighted by Gasteiger charge is -2.14. The minimum atomic E-state index is 0.0370. The number of benzene rings is 1. The normalized spacial score (nSPS) is 12.6. The van der Waals surface area contributed by atoms with Crippen LogP contribution in [0.5, 0.6) is 5.75 Å². The van der Waals surface area contributed by atoms with Crippen molar-refractivity contribution in [3.05, 3.63) is 28.3 Å². The Balaban J connectivity index is 2.89. The van der Waals surface area contributed by atoms with Crippen molar-refractivity contribution < 1.29 is 4.74 Å².